The van der Waals surface area contributed by atoms with Crippen LogP contribution in [-0.2, 0) is 16.1 Å². The van der Waals surface area contributed by atoms with Crippen LogP contribution in [-0.4, -0.2) is 5.97 Å². The minimum absolute atomic E-state index is 0.307. The van der Waals surface area contributed by atoms with E-state index in [4.69, 9.17) is 5.90 Å². The van der Waals surface area contributed by atoms with Crippen molar-refractivity contribution in [3.63, 3.8) is 0 Å². The molecule has 0 aliphatic rings. The van der Waals surface area contributed by atoms with Crippen molar-refractivity contribution >= 4 is 5.97 Å². The van der Waals surface area contributed by atoms with Gasteiger partial charge in [-0.15, -0.1) is 0 Å². The van der Waals surface area contributed by atoms with E-state index in [0.29, 0.717) is 5.92 Å². The molecule has 0 aromatic heterocycles. The van der Waals surface area contributed by atoms with E-state index in [1.165, 1.54) is 5.56 Å². The Labute approximate surface area is 96.6 Å². The number of carbonyl (C=O) groups is 1. The van der Waals surface area contributed by atoms with E-state index in [1.807, 2.05) is 12.1 Å². The zero-order valence-corrected chi connectivity index (χ0v) is 10.1. The number of hydrogen-bond donors (Lipinski definition) is 1. The van der Waals surface area contributed by atoms with Crippen molar-refractivity contribution in [3.8, 4) is 0 Å². The van der Waals surface area contributed by atoms with Crippen molar-refractivity contribution < 1.29 is 9.63 Å². The molecule has 0 bridgehead atoms. The number of rotatable bonds is 4. The van der Waals surface area contributed by atoms with Crippen LogP contribution in [0.15, 0.2) is 24.3 Å². The highest BCUT2D eigenvalue weighted by Gasteiger charge is 2.15. The maximum Gasteiger partial charge on any atom is 0.331 e. The van der Waals surface area contributed by atoms with Gasteiger partial charge in [0.2, 0.25) is 0 Å². The summed E-state index contributed by atoms with van der Waals surface area (Å²) < 4.78 is 0. The van der Waals surface area contributed by atoms with Crippen molar-refractivity contribution in [1.82, 2.24) is 0 Å². The fourth-order valence-corrected chi connectivity index (χ4v) is 1.65. The van der Waals surface area contributed by atoms with Gasteiger partial charge in [-0.3, -0.25) is 0 Å². The third-order valence-corrected chi connectivity index (χ3v) is 2.59. The fraction of sp³-hybridized carbons (Fsp3) is 0.462. The van der Waals surface area contributed by atoms with Crippen molar-refractivity contribution in [2.24, 2.45) is 11.8 Å². The molecule has 0 amide bonds. The van der Waals surface area contributed by atoms with Crippen LogP contribution in [0.2, 0.25) is 0 Å². The first-order chi connectivity index (χ1) is 7.54. The monoisotopic (exact) mass is 221 g/mol. The molecular formula is C13H19NO2. The minimum atomic E-state index is -0.406. The molecule has 1 unspecified atom stereocenters. The van der Waals surface area contributed by atoms with Crippen LogP contribution in [0.3, 0.4) is 0 Å². The Kier molecular flexibility index (Phi) is 4.50. The van der Waals surface area contributed by atoms with Crippen LogP contribution in [0.25, 0.3) is 0 Å². The molecule has 1 aromatic carbocycles. The first-order valence-electron chi connectivity index (χ1n) is 5.54. The second kappa shape index (κ2) is 5.66. The fourth-order valence-electron chi connectivity index (χ4n) is 1.65. The zero-order valence-electron chi connectivity index (χ0n) is 10.1. The summed E-state index contributed by atoms with van der Waals surface area (Å²) in [6.07, 6.45) is 1.05. The molecule has 2 N–H and O–H groups in total. The number of nitrogens with two attached hydrogens (primary N) is 1. The third kappa shape index (κ3) is 3.35. The molecular weight excluding hydrogens is 202 g/mol. The number of carbonyl (C=O) groups excluding carboxylic acids is 1. The summed E-state index contributed by atoms with van der Waals surface area (Å²) in [5, 5.41) is 0. The summed E-state index contributed by atoms with van der Waals surface area (Å²) in [5.41, 5.74) is 2.22. The summed E-state index contributed by atoms with van der Waals surface area (Å²) in [6, 6.07) is 8.02. The van der Waals surface area contributed by atoms with Gasteiger partial charge >= 0.3 is 5.97 Å². The summed E-state index contributed by atoms with van der Waals surface area (Å²) >= 11 is 0. The van der Waals surface area contributed by atoms with Crippen LogP contribution in [0.1, 0.15) is 37.8 Å². The van der Waals surface area contributed by atoms with Crippen molar-refractivity contribution in [1.29, 1.82) is 0 Å². The minimum Gasteiger partial charge on any atom is -0.373 e. The molecule has 88 valence electrons. The summed E-state index contributed by atoms with van der Waals surface area (Å²) in [7, 11) is 0. The first kappa shape index (κ1) is 12.7. The molecule has 16 heavy (non-hydrogen) atoms. The Bertz CT molecular complexity index is 343. The Morgan fingerprint density at radius 1 is 1.25 bits per heavy atom. The van der Waals surface area contributed by atoms with Crippen LogP contribution in [0.5, 0.6) is 0 Å². The normalized spacial score (nSPS) is 12.6. The predicted octanol–water partition coefficient (Wildman–Crippen LogP) is 2.41. The average Bonchev–Trinajstić information content (AvgIpc) is 2.27. The van der Waals surface area contributed by atoms with Crippen LogP contribution in [0.4, 0.5) is 0 Å². The molecule has 3 nitrogen and oxygen atoms in total. The molecule has 0 saturated carbocycles. The number of benzene rings is 1. The highest BCUT2D eigenvalue weighted by atomic mass is 16.7. The molecule has 1 aromatic rings. The van der Waals surface area contributed by atoms with Gasteiger partial charge in [-0.05, 0) is 30.4 Å². The molecule has 0 spiro atoms. The van der Waals surface area contributed by atoms with Gasteiger partial charge in [-0.1, -0.05) is 38.1 Å². The van der Waals surface area contributed by atoms with E-state index in [1.54, 1.807) is 6.92 Å². The van der Waals surface area contributed by atoms with Gasteiger partial charge in [0.25, 0.3) is 0 Å². The van der Waals surface area contributed by atoms with E-state index < -0.39 is 5.97 Å². The summed E-state index contributed by atoms with van der Waals surface area (Å²) in [5.74, 6) is 4.78. The second-order valence-corrected chi connectivity index (χ2v) is 4.50. The number of hydrogen-bond acceptors (Lipinski definition) is 3. The van der Waals surface area contributed by atoms with Crippen molar-refractivity contribution in [2.45, 2.75) is 33.1 Å². The lowest BCUT2D eigenvalue weighted by Gasteiger charge is -2.10. The van der Waals surface area contributed by atoms with E-state index in [9.17, 15) is 4.79 Å². The maximum atomic E-state index is 11.2. The molecule has 1 rings (SSSR count). The van der Waals surface area contributed by atoms with Gasteiger partial charge in [0.1, 0.15) is 0 Å². The molecule has 0 radical (unpaired) electrons. The highest BCUT2D eigenvalue weighted by molar-refractivity contribution is 5.77. The molecule has 0 aliphatic heterocycles. The molecule has 0 aliphatic carbocycles. The lowest BCUT2D eigenvalue weighted by molar-refractivity contribution is -0.145. The van der Waals surface area contributed by atoms with Crippen molar-refractivity contribution in [2.75, 3.05) is 0 Å². The Balaban J connectivity index is 2.74. The second-order valence-electron chi connectivity index (χ2n) is 4.50. The molecule has 0 saturated heterocycles. The van der Waals surface area contributed by atoms with Gasteiger partial charge in [0.05, 0.1) is 5.92 Å². The highest BCUT2D eigenvalue weighted by Crippen LogP contribution is 2.18. The zero-order chi connectivity index (χ0) is 12.1. The predicted molar refractivity (Wildman–Crippen MR) is 63.7 cm³/mol. The Hall–Kier alpha value is -1.35. The third-order valence-electron chi connectivity index (χ3n) is 2.59. The lowest BCUT2D eigenvalue weighted by Crippen LogP contribution is -2.16. The van der Waals surface area contributed by atoms with Crippen molar-refractivity contribution in [3.05, 3.63) is 35.4 Å². The molecule has 1 atom stereocenters. The van der Waals surface area contributed by atoms with Crippen LogP contribution >= 0.6 is 0 Å². The SMILES string of the molecule is CC(C)Cc1ccc(C(C)C(=O)ON)cc1. The standard InChI is InChI=1S/C13H19NO2/c1-9(2)8-11-4-6-12(7-5-11)10(3)13(15)16-14/h4-7,9-10H,8,14H2,1-3H3. The van der Waals surface area contributed by atoms with Gasteiger partial charge in [0, 0.05) is 0 Å². The van der Waals surface area contributed by atoms with E-state index >= 15 is 0 Å². The summed E-state index contributed by atoms with van der Waals surface area (Å²) in [4.78, 5) is 15.4. The lowest BCUT2D eigenvalue weighted by atomic mass is 9.97. The summed E-state index contributed by atoms with van der Waals surface area (Å²) in [6.45, 7) is 6.15. The topological polar surface area (TPSA) is 52.3 Å². The van der Waals surface area contributed by atoms with Gasteiger partial charge in [0.15, 0.2) is 0 Å². The van der Waals surface area contributed by atoms with Crippen LogP contribution < -0.4 is 5.90 Å². The largest absolute Gasteiger partial charge is 0.373 e. The van der Waals surface area contributed by atoms with Gasteiger partial charge in [-0.25, -0.2) is 4.79 Å². The smallest absolute Gasteiger partial charge is 0.331 e. The van der Waals surface area contributed by atoms with Gasteiger partial charge in [-0.2, -0.15) is 5.90 Å². The van der Waals surface area contributed by atoms with E-state index in [-0.39, 0.29) is 5.92 Å². The Morgan fingerprint density at radius 2 is 1.81 bits per heavy atom. The average molecular weight is 221 g/mol. The Morgan fingerprint density at radius 3 is 2.25 bits per heavy atom. The van der Waals surface area contributed by atoms with Crippen LogP contribution in [0, 0.1) is 5.92 Å². The quantitative estimate of drug-likeness (QED) is 0.794. The first-order valence-corrected chi connectivity index (χ1v) is 5.54. The van der Waals surface area contributed by atoms with E-state index in [0.717, 1.165) is 12.0 Å². The van der Waals surface area contributed by atoms with Gasteiger partial charge < -0.3 is 4.84 Å². The molecule has 0 fully saturated rings. The van der Waals surface area contributed by atoms with E-state index in [2.05, 4.69) is 30.8 Å². The molecule has 0 heterocycles. The maximum absolute atomic E-state index is 11.2. The molecule has 3 heteroatoms.